The summed E-state index contributed by atoms with van der Waals surface area (Å²) in [6.07, 6.45) is 6.28. The number of nitrogens with one attached hydrogen (secondary N) is 2. The fraction of sp³-hybridized carbons (Fsp3) is 0.455. The van der Waals surface area contributed by atoms with E-state index in [4.69, 9.17) is 4.74 Å². The van der Waals surface area contributed by atoms with Gasteiger partial charge in [-0.25, -0.2) is 17.9 Å². The van der Waals surface area contributed by atoms with Crippen LogP contribution in [0.5, 0.6) is 0 Å². The van der Waals surface area contributed by atoms with Crippen LogP contribution in [0.15, 0.2) is 33.7 Å². The van der Waals surface area contributed by atoms with E-state index < -0.39 is 15.9 Å². The van der Waals surface area contributed by atoms with Crippen molar-refractivity contribution in [1.29, 1.82) is 0 Å². The second-order valence-electron chi connectivity index (χ2n) is 7.78. The molecule has 1 amide bonds. The average Bonchev–Trinajstić information content (AvgIpc) is 2.96. The Hall–Kier alpha value is -3.25. The minimum absolute atomic E-state index is 0.0538. The van der Waals surface area contributed by atoms with Crippen molar-refractivity contribution in [3.8, 4) is 0 Å². The molecule has 11 nitrogen and oxygen atoms in total. The number of H-pyrrole nitrogens is 1. The number of fused-ring (bicyclic) bond motifs is 1. The minimum Gasteiger partial charge on any atom is -0.497 e. The average molecular weight is 491 g/mol. The standard InChI is InChI=1S/C22H30N6O5S/c1-6-9-18-24-14(3)20-22(30)25-21(26-28(18)20)16-12-15(10-8-11-17(16)33-7-2)34(31,32)27(5)13-19(29)23-4/h8,10,12H,6-7,9,11,13H2,1-5H3,(H,23,29)(H,25,26,30). The molecule has 3 rings (SSSR count). The van der Waals surface area contributed by atoms with Crippen LogP contribution in [0.1, 0.15) is 44.0 Å². The molecule has 184 valence electrons. The number of imidazole rings is 1. The maximum Gasteiger partial charge on any atom is 0.277 e. The number of allylic oxidation sites excluding steroid dienone is 4. The molecule has 0 fully saturated rings. The summed E-state index contributed by atoms with van der Waals surface area (Å²) in [5, 5.41) is 7.02. The maximum atomic E-state index is 13.2. The largest absolute Gasteiger partial charge is 0.497 e. The summed E-state index contributed by atoms with van der Waals surface area (Å²) in [6, 6.07) is 0. The Bertz CT molecular complexity index is 1350. The number of carbonyl (C=O) groups excluding carboxylic acids is 1. The number of amides is 1. The van der Waals surface area contributed by atoms with Gasteiger partial charge < -0.3 is 15.0 Å². The van der Waals surface area contributed by atoms with E-state index in [0.29, 0.717) is 47.8 Å². The molecule has 2 aromatic rings. The summed E-state index contributed by atoms with van der Waals surface area (Å²) in [7, 11) is -1.25. The summed E-state index contributed by atoms with van der Waals surface area (Å²) < 4.78 is 34.7. The number of ether oxygens (including phenoxy) is 1. The SMILES string of the molecule is CCCc1nc(C)c2c(=O)[nH]c(C3=C(OCC)CC=CC(S(=O)(=O)N(C)CC(=O)NC)=C3)nn12. The molecule has 0 radical (unpaired) electrons. The Morgan fingerprint density at radius 3 is 2.74 bits per heavy atom. The van der Waals surface area contributed by atoms with Crippen molar-refractivity contribution in [3.05, 3.63) is 56.6 Å². The topological polar surface area (TPSA) is 139 Å². The van der Waals surface area contributed by atoms with Crippen LogP contribution in [0, 0.1) is 6.92 Å². The highest BCUT2D eigenvalue weighted by atomic mass is 32.2. The van der Waals surface area contributed by atoms with E-state index in [1.165, 1.54) is 30.8 Å². The predicted molar refractivity (Wildman–Crippen MR) is 128 cm³/mol. The summed E-state index contributed by atoms with van der Waals surface area (Å²) >= 11 is 0. The zero-order valence-electron chi connectivity index (χ0n) is 20.0. The number of sulfonamides is 1. The van der Waals surface area contributed by atoms with Crippen molar-refractivity contribution >= 4 is 27.0 Å². The lowest BCUT2D eigenvalue weighted by Crippen LogP contribution is -2.37. The number of hydrogen-bond donors (Lipinski definition) is 2. The van der Waals surface area contributed by atoms with E-state index in [1.54, 1.807) is 13.0 Å². The van der Waals surface area contributed by atoms with Gasteiger partial charge >= 0.3 is 0 Å². The van der Waals surface area contributed by atoms with Gasteiger partial charge in [0.25, 0.3) is 5.56 Å². The molecule has 0 saturated heterocycles. The van der Waals surface area contributed by atoms with Crippen molar-refractivity contribution in [3.63, 3.8) is 0 Å². The molecule has 12 heteroatoms. The van der Waals surface area contributed by atoms with Gasteiger partial charge in [0.1, 0.15) is 11.6 Å². The molecule has 0 aromatic carbocycles. The van der Waals surface area contributed by atoms with Crippen molar-refractivity contribution in [2.45, 2.75) is 40.0 Å². The van der Waals surface area contributed by atoms with Crippen LogP contribution < -0.4 is 10.9 Å². The normalized spacial score (nSPS) is 14.5. The van der Waals surface area contributed by atoms with Crippen LogP contribution >= 0.6 is 0 Å². The monoisotopic (exact) mass is 490 g/mol. The minimum atomic E-state index is -4.02. The number of rotatable bonds is 9. The molecule has 1 aliphatic rings. The number of aryl methyl sites for hydroxylation is 2. The molecule has 0 unspecified atom stereocenters. The van der Waals surface area contributed by atoms with Gasteiger partial charge in [-0.05, 0) is 32.4 Å². The molecule has 0 atom stereocenters. The molecule has 0 spiro atoms. The molecule has 2 heterocycles. The Kier molecular flexibility index (Phi) is 7.72. The van der Waals surface area contributed by atoms with E-state index >= 15 is 0 Å². The highest BCUT2D eigenvalue weighted by Gasteiger charge is 2.27. The van der Waals surface area contributed by atoms with Crippen LogP contribution in [0.4, 0.5) is 0 Å². The van der Waals surface area contributed by atoms with Gasteiger partial charge in [-0.3, -0.25) is 9.59 Å². The first-order valence-corrected chi connectivity index (χ1v) is 12.5. The third kappa shape index (κ3) is 4.97. The number of likely N-dealkylation sites (N-methyl/N-ethyl adjacent to an activating group) is 2. The summed E-state index contributed by atoms with van der Waals surface area (Å²) in [5.41, 5.74) is 0.874. The van der Waals surface area contributed by atoms with Gasteiger partial charge in [0.2, 0.25) is 15.9 Å². The number of aromatic nitrogens is 4. The summed E-state index contributed by atoms with van der Waals surface area (Å²) in [6.45, 7) is 5.58. The van der Waals surface area contributed by atoms with Gasteiger partial charge in [-0.1, -0.05) is 13.0 Å². The second-order valence-corrected chi connectivity index (χ2v) is 9.83. The quantitative estimate of drug-likeness (QED) is 0.540. The molecular formula is C22H30N6O5S. The van der Waals surface area contributed by atoms with Gasteiger partial charge in [-0.2, -0.15) is 4.31 Å². The van der Waals surface area contributed by atoms with Crippen molar-refractivity contribution in [1.82, 2.24) is 29.2 Å². The summed E-state index contributed by atoms with van der Waals surface area (Å²) in [5.74, 6) is 0.843. The lowest BCUT2D eigenvalue weighted by atomic mass is 10.1. The first kappa shape index (κ1) is 25.4. The molecule has 0 saturated carbocycles. The second kappa shape index (κ2) is 10.3. The summed E-state index contributed by atoms with van der Waals surface area (Å²) in [4.78, 5) is 31.9. The Balaban J connectivity index is 2.20. The number of hydrogen-bond acceptors (Lipinski definition) is 7. The first-order chi connectivity index (χ1) is 16.1. The van der Waals surface area contributed by atoms with Crippen molar-refractivity contribution in [2.24, 2.45) is 0 Å². The van der Waals surface area contributed by atoms with Gasteiger partial charge in [0, 0.05) is 26.9 Å². The van der Waals surface area contributed by atoms with E-state index in [0.717, 1.165) is 10.7 Å². The third-order valence-corrected chi connectivity index (χ3v) is 7.12. The first-order valence-electron chi connectivity index (χ1n) is 11.0. The van der Waals surface area contributed by atoms with Gasteiger partial charge in [0.15, 0.2) is 11.3 Å². The van der Waals surface area contributed by atoms with E-state index in [1.807, 2.05) is 13.8 Å². The molecule has 0 aliphatic heterocycles. The lowest BCUT2D eigenvalue weighted by Gasteiger charge is -2.17. The highest BCUT2D eigenvalue weighted by Crippen LogP contribution is 2.28. The van der Waals surface area contributed by atoms with Crippen LogP contribution in [0.25, 0.3) is 11.1 Å². The van der Waals surface area contributed by atoms with E-state index in [2.05, 4.69) is 20.4 Å². The molecule has 2 N–H and O–H groups in total. The molecular weight excluding hydrogens is 460 g/mol. The fourth-order valence-electron chi connectivity index (χ4n) is 3.62. The van der Waals surface area contributed by atoms with Crippen LogP contribution in [-0.2, 0) is 26.0 Å². The molecule has 2 aromatic heterocycles. The van der Waals surface area contributed by atoms with E-state index in [-0.39, 0.29) is 22.8 Å². The van der Waals surface area contributed by atoms with Gasteiger partial charge in [-0.15, -0.1) is 5.10 Å². The van der Waals surface area contributed by atoms with Crippen LogP contribution in [-0.4, -0.2) is 65.5 Å². The van der Waals surface area contributed by atoms with Crippen LogP contribution in [0.3, 0.4) is 0 Å². The zero-order valence-corrected chi connectivity index (χ0v) is 20.8. The third-order valence-electron chi connectivity index (χ3n) is 5.32. The predicted octanol–water partition coefficient (Wildman–Crippen LogP) is 1.28. The molecule has 0 bridgehead atoms. The highest BCUT2D eigenvalue weighted by molar-refractivity contribution is 7.93. The Morgan fingerprint density at radius 1 is 1.35 bits per heavy atom. The Labute approximate surface area is 198 Å². The van der Waals surface area contributed by atoms with Crippen molar-refractivity contribution in [2.75, 3.05) is 27.2 Å². The number of carbonyl (C=O) groups is 1. The van der Waals surface area contributed by atoms with Crippen LogP contribution in [0.2, 0.25) is 0 Å². The molecule has 1 aliphatic carbocycles. The Morgan fingerprint density at radius 2 is 2.09 bits per heavy atom. The molecule has 34 heavy (non-hydrogen) atoms. The van der Waals surface area contributed by atoms with Gasteiger partial charge in [0.05, 0.1) is 29.3 Å². The van der Waals surface area contributed by atoms with Crippen molar-refractivity contribution < 1.29 is 17.9 Å². The van der Waals surface area contributed by atoms with E-state index in [9.17, 15) is 18.0 Å². The lowest BCUT2D eigenvalue weighted by molar-refractivity contribution is -0.120. The smallest absolute Gasteiger partial charge is 0.277 e. The maximum absolute atomic E-state index is 13.2. The number of nitrogens with zero attached hydrogens (tertiary/aromatic N) is 4. The fourth-order valence-corrected chi connectivity index (χ4v) is 4.81. The zero-order chi connectivity index (χ0) is 25.0. The number of aromatic amines is 1.